The molecule has 1 heterocycles. The summed E-state index contributed by atoms with van der Waals surface area (Å²) < 4.78 is 4.39. The van der Waals surface area contributed by atoms with E-state index in [-0.39, 0.29) is 5.54 Å². The second-order valence-corrected chi connectivity index (χ2v) is 5.71. The molecule has 3 nitrogen and oxygen atoms in total. The Morgan fingerprint density at radius 3 is 2.73 bits per heavy atom. The van der Waals surface area contributed by atoms with Gasteiger partial charge in [-0.25, -0.2) is 4.98 Å². The van der Waals surface area contributed by atoms with Gasteiger partial charge in [0, 0.05) is 35.9 Å². The van der Waals surface area contributed by atoms with E-state index in [2.05, 4.69) is 28.1 Å². The van der Waals surface area contributed by atoms with Crippen LogP contribution in [0.2, 0.25) is 0 Å². The van der Waals surface area contributed by atoms with Gasteiger partial charge in [0.15, 0.2) is 0 Å². The zero-order chi connectivity index (χ0) is 11.1. The monoisotopic (exact) mass is 245 g/mol. The summed E-state index contributed by atoms with van der Waals surface area (Å²) in [7, 11) is 2.03. The van der Waals surface area contributed by atoms with Crippen molar-refractivity contribution in [3.05, 3.63) is 5.82 Å². The Labute approximate surface area is 99.6 Å². The Morgan fingerprint density at radius 1 is 1.53 bits per heavy atom. The van der Waals surface area contributed by atoms with Gasteiger partial charge >= 0.3 is 0 Å². The van der Waals surface area contributed by atoms with Gasteiger partial charge in [-0.05, 0) is 26.7 Å². The van der Waals surface area contributed by atoms with Crippen molar-refractivity contribution >= 4 is 28.3 Å². The van der Waals surface area contributed by atoms with Gasteiger partial charge in [0.2, 0.25) is 5.13 Å². The number of hydrogen-bond donors (Lipinski definition) is 0. The second-order valence-electron chi connectivity index (χ2n) is 4.71. The van der Waals surface area contributed by atoms with Crippen LogP contribution in [0.15, 0.2) is 0 Å². The molecule has 5 heteroatoms. The summed E-state index contributed by atoms with van der Waals surface area (Å²) in [5, 5.41) is 0.975. The maximum absolute atomic E-state index is 5.93. The Kier molecular flexibility index (Phi) is 2.90. The van der Waals surface area contributed by atoms with Crippen LogP contribution in [0.5, 0.6) is 0 Å². The Hall–Kier alpha value is -0.350. The van der Waals surface area contributed by atoms with E-state index in [9.17, 15) is 0 Å². The molecule has 84 valence electrons. The number of halogens is 1. The second kappa shape index (κ2) is 3.91. The fraction of sp³-hybridized carbons (Fsp3) is 0.800. The van der Waals surface area contributed by atoms with Gasteiger partial charge in [-0.1, -0.05) is 0 Å². The lowest BCUT2D eigenvalue weighted by atomic mass is 10.1. The average molecular weight is 246 g/mol. The maximum Gasteiger partial charge on any atom is 0.205 e. The van der Waals surface area contributed by atoms with Crippen LogP contribution < -0.4 is 4.90 Å². The third-order valence-electron chi connectivity index (χ3n) is 2.90. The van der Waals surface area contributed by atoms with Gasteiger partial charge in [-0.2, -0.15) is 4.37 Å². The van der Waals surface area contributed by atoms with Crippen LogP contribution >= 0.6 is 23.1 Å². The van der Waals surface area contributed by atoms with Crippen LogP contribution in [0.4, 0.5) is 5.13 Å². The van der Waals surface area contributed by atoms with E-state index < -0.39 is 0 Å². The number of nitrogens with zero attached hydrogens (tertiary/aromatic N) is 3. The summed E-state index contributed by atoms with van der Waals surface area (Å²) in [6.07, 6.45) is 2.50. The minimum Gasteiger partial charge on any atom is -0.344 e. The molecular weight excluding hydrogens is 230 g/mol. The van der Waals surface area contributed by atoms with E-state index in [1.165, 1.54) is 24.4 Å². The van der Waals surface area contributed by atoms with Gasteiger partial charge in [0.05, 0.1) is 0 Å². The molecule has 0 bridgehead atoms. The predicted molar refractivity (Wildman–Crippen MR) is 65.1 cm³/mol. The first-order valence-electron chi connectivity index (χ1n) is 5.18. The zero-order valence-electron chi connectivity index (χ0n) is 9.33. The van der Waals surface area contributed by atoms with Crippen LogP contribution in [-0.4, -0.2) is 27.8 Å². The summed E-state index contributed by atoms with van der Waals surface area (Å²) in [5.74, 6) is 2.23. The van der Waals surface area contributed by atoms with Crippen molar-refractivity contribution in [2.24, 2.45) is 0 Å². The van der Waals surface area contributed by atoms with Gasteiger partial charge in [-0.3, -0.25) is 0 Å². The third kappa shape index (κ3) is 2.26. The molecule has 1 aliphatic carbocycles. The lowest BCUT2D eigenvalue weighted by Gasteiger charge is -2.33. The minimum atomic E-state index is -0.0675. The van der Waals surface area contributed by atoms with Gasteiger partial charge < -0.3 is 4.90 Å². The first-order valence-corrected chi connectivity index (χ1v) is 6.49. The molecule has 0 amide bonds. The number of anilines is 1. The average Bonchev–Trinajstić information content (AvgIpc) is 2.96. The quantitative estimate of drug-likeness (QED) is 0.764. The Balaban J connectivity index is 2.14. The normalized spacial score (nSPS) is 16.8. The highest BCUT2D eigenvalue weighted by atomic mass is 35.5. The number of aromatic nitrogens is 2. The van der Waals surface area contributed by atoms with Crippen molar-refractivity contribution in [1.82, 2.24) is 9.36 Å². The maximum atomic E-state index is 5.93. The molecule has 1 fully saturated rings. The molecule has 2 rings (SSSR count). The van der Waals surface area contributed by atoms with Crippen molar-refractivity contribution in [3.8, 4) is 0 Å². The van der Waals surface area contributed by atoms with Gasteiger partial charge in [0.25, 0.3) is 0 Å². The summed E-state index contributed by atoms with van der Waals surface area (Å²) in [5.41, 5.74) is -0.0675. The minimum absolute atomic E-state index is 0.0675. The van der Waals surface area contributed by atoms with Crippen LogP contribution in [0, 0.1) is 0 Å². The molecule has 1 aromatic rings. The van der Waals surface area contributed by atoms with E-state index in [0.717, 1.165) is 11.0 Å². The number of alkyl halides is 1. The van der Waals surface area contributed by atoms with E-state index in [1.807, 2.05) is 7.05 Å². The summed E-state index contributed by atoms with van der Waals surface area (Å²) >= 11 is 7.41. The number of rotatable bonds is 4. The molecule has 0 saturated heterocycles. The third-order valence-corrected chi connectivity index (χ3v) is 4.36. The molecule has 1 aliphatic rings. The van der Waals surface area contributed by atoms with E-state index >= 15 is 0 Å². The molecule has 1 aromatic heterocycles. The van der Waals surface area contributed by atoms with Gasteiger partial charge in [0.1, 0.15) is 5.82 Å². The van der Waals surface area contributed by atoms with Crippen LogP contribution in [0.1, 0.15) is 38.4 Å². The molecule has 1 saturated carbocycles. The van der Waals surface area contributed by atoms with Crippen molar-refractivity contribution in [1.29, 1.82) is 0 Å². The summed E-state index contributed by atoms with van der Waals surface area (Å²) in [6.45, 7) is 4.22. The predicted octanol–water partition coefficient (Wildman–Crippen LogP) is 2.87. The Bertz CT molecular complexity index is 346. The molecule has 15 heavy (non-hydrogen) atoms. The van der Waals surface area contributed by atoms with E-state index in [4.69, 9.17) is 11.6 Å². The molecule has 0 radical (unpaired) electrons. The van der Waals surface area contributed by atoms with Crippen LogP contribution in [0.25, 0.3) is 0 Å². The van der Waals surface area contributed by atoms with E-state index in [1.54, 1.807) is 0 Å². The highest BCUT2D eigenvalue weighted by Crippen LogP contribution is 2.40. The molecule has 0 aromatic carbocycles. The largest absolute Gasteiger partial charge is 0.344 e. The number of hydrogen-bond acceptors (Lipinski definition) is 4. The molecule has 0 atom stereocenters. The molecule has 0 N–H and O–H groups in total. The summed E-state index contributed by atoms with van der Waals surface area (Å²) in [4.78, 5) is 6.68. The molecule has 0 aliphatic heterocycles. The van der Waals surface area contributed by atoms with Crippen molar-refractivity contribution in [2.75, 3.05) is 17.8 Å². The first kappa shape index (κ1) is 11.1. The molecular formula is C10H16ClN3S. The summed E-state index contributed by atoms with van der Waals surface area (Å²) in [6, 6.07) is 0. The smallest absolute Gasteiger partial charge is 0.205 e. The lowest BCUT2D eigenvalue weighted by molar-refractivity contribution is 0.544. The van der Waals surface area contributed by atoms with Crippen molar-refractivity contribution in [3.63, 3.8) is 0 Å². The standard InChI is InChI=1S/C10H16ClN3S/c1-10(2,6-11)14(3)9-12-8(13-15-9)7-4-5-7/h7H,4-6H2,1-3H3. The highest BCUT2D eigenvalue weighted by molar-refractivity contribution is 7.09. The SMILES string of the molecule is CN(c1nc(C2CC2)ns1)C(C)(C)CCl. The van der Waals surface area contributed by atoms with Gasteiger partial charge in [-0.15, -0.1) is 11.6 Å². The lowest BCUT2D eigenvalue weighted by Crippen LogP contribution is -2.42. The van der Waals surface area contributed by atoms with Crippen molar-refractivity contribution in [2.45, 2.75) is 38.1 Å². The highest BCUT2D eigenvalue weighted by Gasteiger charge is 2.30. The Morgan fingerprint density at radius 2 is 2.20 bits per heavy atom. The van der Waals surface area contributed by atoms with Crippen molar-refractivity contribution < 1.29 is 0 Å². The molecule has 0 spiro atoms. The fourth-order valence-corrected chi connectivity index (χ4v) is 2.27. The fourth-order valence-electron chi connectivity index (χ4n) is 1.22. The topological polar surface area (TPSA) is 29.0 Å². The van der Waals surface area contributed by atoms with Crippen LogP contribution in [0.3, 0.4) is 0 Å². The van der Waals surface area contributed by atoms with Crippen LogP contribution in [-0.2, 0) is 0 Å². The molecule has 0 unspecified atom stereocenters. The van der Waals surface area contributed by atoms with E-state index in [0.29, 0.717) is 11.8 Å². The zero-order valence-corrected chi connectivity index (χ0v) is 10.9. The first-order chi connectivity index (χ1) is 7.04.